The highest BCUT2D eigenvalue weighted by molar-refractivity contribution is 4.82. The van der Waals surface area contributed by atoms with E-state index in [9.17, 15) is 49.2 Å². The lowest BCUT2D eigenvalue weighted by atomic mass is 10.1. The molecule has 0 aliphatic carbocycles. The average Bonchev–Trinajstić information content (AvgIpc) is 2.86. The summed E-state index contributed by atoms with van der Waals surface area (Å²) in [6, 6.07) is 0. The molecule has 4 N–H and O–H groups in total. The van der Waals surface area contributed by atoms with Gasteiger partial charge in [-0.25, -0.2) is 56.2 Å². The van der Waals surface area contributed by atoms with Gasteiger partial charge in [0.05, 0.1) is 71.4 Å². The standard InChI is InChI=1S/C21H34N6O11/c1-21(2,3-4-22-15(32)23(5-10-28)17(34)24(6-11-29)16(22)33)38-14-9-27-19(36)25(7-12-30)18(35)26(8-13-31)20(27)37/h28-31H,3-14H2,1-2H3. The second-order valence-electron chi connectivity index (χ2n) is 8.86. The maximum absolute atomic E-state index is 12.7. The molecule has 0 bridgehead atoms. The van der Waals surface area contributed by atoms with Crippen molar-refractivity contribution >= 4 is 0 Å². The minimum absolute atomic E-state index is 0.0756. The van der Waals surface area contributed by atoms with Crippen molar-refractivity contribution in [3.05, 3.63) is 62.9 Å². The van der Waals surface area contributed by atoms with Gasteiger partial charge in [-0.3, -0.25) is 0 Å². The molecule has 0 radical (unpaired) electrons. The van der Waals surface area contributed by atoms with Gasteiger partial charge in [-0.15, -0.1) is 0 Å². The molecule has 214 valence electrons. The molecule has 2 heterocycles. The first-order valence-electron chi connectivity index (χ1n) is 11.9. The number of aliphatic hydroxyl groups is 4. The van der Waals surface area contributed by atoms with Crippen LogP contribution in [0.2, 0.25) is 0 Å². The molecule has 0 fully saturated rings. The van der Waals surface area contributed by atoms with Gasteiger partial charge in [0, 0.05) is 6.54 Å². The summed E-state index contributed by atoms with van der Waals surface area (Å²) in [4.78, 5) is 75.4. The Labute approximate surface area is 214 Å². The first-order valence-corrected chi connectivity index (χ1v) is 11.9. The molecule has 0 aliphatic rings. The predicted molar refractivity (Wildman–Crippen MR) is 131 cm³/mol. The lowest BCUT2D eigenvalue weighted by Gasteiger charge is -2.26. The molecule has 0 saturated heterocycles. The number of hydrogen-bond donors (Lipinski definition) is 4. The minimum Gasteiger partial charge on any atom is -0.395 e. The summed E-state index contributed by atoms with van der Waals surface area (Å²) >= 11 is 0. The number of rotatable bonds is 15. The van der Waals surface area contributed by atoms with Crippen LogP contribution in [0.3, 0.4) is 0 Å². The zero-order valence-corrected chi connectivity index (χ0v) is 21.3. The van der Waals surface area contributed by atoms with Crippen LogP contribution in [0.15, 0.2) is 28.8 Å². The molecular weight excluding hydrogens is 512 g/mol. The third kappa shape index (κ3) is 6.73. The van der Waals surface area contributed by atoms with E-state index in [2.05, 4.69) is 0 Å². The lowest BCUT2D eigenvalue weighted by molar-refractivity contribution is -0.0311. The van der Waals surface area contributed by atoms with Crippen molar-refractivity contribution in [3.63, 3.8) is 0 Å². The van der Waals surface area contributed by atoms with Crippen molar-refractivity contribution in [3.8, 4) is 0 Å². The van der Waals surface area contributed by atoms with Gasteiger partial charge < -0.3 is 25.2 Å². The van der Waals surface area contributed by atoms with Gasteiger partial charge in [-0.2, -0.15) is 0 Å². The van der Waals surface area contributed by atoms with E-state index in [1.54, 1.807) is 13.8 Å². The number of aromatic nitrogens is 6. The maximum atomic E-state index is 12.7. The molecule has 2 rings (SSSR count). The number of aliphatic hydroxyl groups excluding tert-OH is 4. The van der Waals surface area contributed by atoms with Gasteiger partial charge in [0.1, 0.15) is 0 Å². The SMILES string of the molecule is CC(C)(CCn1c(=O)n(CCO)c(=O)n(CCO)c1=O)OCCn1c(=O)n(CCO)c(=O)n(CCO)c1=O. The molecule has 17 nitrogen and oxygen atoms in total. The van der Waals surface area contributed by atoms with Gasteiger partial charge in [0.15, 0.2) is 0 Å². The summed E-state index contributed by atoms with van der Waals surface area (Å²) in [5, 5.41) is 36.7. The van der Waals surface area contributed by atoms with E-state index in [4.69, 9.17) is 4.74 Å². The molecule has 2 aromatic heterocycles. The maximum Gasteiger partial charge on any atom is 0.336 e. The van der Waals surface area contributed by atoms with Crippen LogP contribution in [0.25, 0.3) is 0 Å². The van der Waals surface area contributed by atoms with E-state index < -0.39 is 66.2 Å². The summed E-state index contributed by atoms with van der Waals surface area (Å²) in [5.74, 6) is 0. The van der Waals surface area contributed by atoms with Crippen LogP contribution in [0.5, 0.6) is 0 Å². The fourth-order valence-electron chi connectivity index (χ4n) is 3.78. The highest BCUT2D eigenvalue weighted by Gasteiger charge is 2.22. The first-order chi connectivity index (χ1) is 17.9. The Morgan fingerprint density at radius 3 is 1.05 bits per heavy atom. The van der Waals surface area contributed by atoms with E-state index in [0.717, 1.165) is 9.13 Å². The monoisotopic (exact) mass is 546 g/mol. The average molecular weight is 547 g/mol. The third-order valence-corrected chi connectivity index (χ3v) is 5.81. The molecule has 38 heavy (non-hydrogen) atoms. The summed E-state index contributed by atoms with van der Waals surface area (Å²) < 4.78 is 10.1. The molecule has 0 aromatic carbocycles. The van der Waals surface area contributed by atoms with Gasteiger partial charge in [-0.05, 0) is 20.3 Å². The van der Waals surface area contributed by atoms with Gasteiger partial charge >= 0.3 is 34.1 Å². The smallest absolute Gasteiger partial charge is 0.336 e. The van der Waals surface area contributed by atoms with Crippen LogP contribution in [0, 0.1) is 0 Å². The van der Waals surface area contributed by atoms with E-state index in [0.29, 0.717) is 18.3 Å². The van der Waals surface area contributed by atoms with Crippen molar-refractivity contribution in [1.29, 1.82) is 0 Å². The highest BCUT2D eigenvalue weighted by atomic mass is 16.5. The van der Waals surface area contributed by atoms with Crippen LogP contribution in [0.1, 0.15) is 20.3 Å². The van der Waals surface area contributed by atoms with Crippen LogP contribution < -0.4 is 34.1 Å². The Hall–Kier alpha value is -3.38. The topological polar surface area (TPSA) is 222 Å². The van der Waals surface area contributed by atoms with E-state index >= 15 is 0 Å². The molecule has 0 atom stereocenters. The summed E-state index contributed by atoms with van der Waals surface area (Å²) in [5.41, 5.74) is -6.67. The van der Waals surface area contributed by atoms with Gasteiger partial charge in [-0.1, -0.05) is 0 Å². The van der Waals surface area contributed by atoms with Crippen molar-refractivity contribution in [2.45, 2.75) is 65.1 Å². The quantitative estimate of drug-likeness (QED) is 0.165. The Bertz CT molecular complexity index is 1370. The Balaban J connectivity index is 2.27. The van der Waals surface area contributed by atoms with E-state index in [-0.39, 0.29) is 52.3 Å². The van der Waals surface area contributed by atoms with Crippen molar-refractivity contribution in [2.24, 2.45) is 0 Å². The van der Waals surface area contributed by atoms with Crippen molar-refractivity contribution in [1.82, 2.24) is 27.4 Å². The van der Waals surface area contributed by atoms with Crippen LogP contribution in [0.4, 0.5) is 0 Å². The fourth-order valence-corrected chi connectivity index (χ4v) is 3.78. The first kappa shape index (κ1) is 30.8. The van der Waals surface area contributed by atoms with E-state index in [1.165, 1.54) is 0 Å². The predicted octanol–water partition coefficient (Wildman–Crippen LogP) is -5.49. The third-order valence-electron chi connectivity index (χ3n) is 5.81. The Morgan fingerprint density at radius 1 is 0.500 bits per heavy atom. The van der Waals surface area contributed by atoms with Crippen LogP contribution >= 0.6 is 0 Å². The highest BCUT2D eigenvalue weighted by Crippen LogP contribution is 2.14. The minimum atomic E-state index is -1.00. The van der Waals surface area contributed by atoms with Crippen LogP contribution in [-0.2, 0) is 44.0 Å². The molecular formula is C21H34N6O11. The van der Waals surface area contributed by atoms with Gasteiger partial charge in [0.25, 0.3) is 0 Å². The molecule has 0 spiro atoms. The summed E-state index contributed by atoms with van der Waals surface area (Å²) in [6.45, 7) is -0.870. The summed E-state index contributed by atoms with van der Waals surface area (Å²) in [6.07, 6.45) is 0.0756. The van der Waals surface area contributed by atoms with Gasteiger partial charge in [0.2, 0.25) is 0 Å². The number of ether oxygens (including phenoxy) is 1. The lowest BCUT2D eigenvalue weighted by Crippen LogP contribution is -2.55. The fraction of sp³-hybridized carbons (Fsp3) is 0.714. The molecule has 17 heteroatoms. The molecule has 0 amide bonds. The zero-order valence-electron chi connectivity index (χ0n) is 21.3. The molecule has 2 aromatic rings. The second kappa shape index (κ2) is 13.4. The molecule has 0 unspecified atom stereocenters. The molecule has 0 saturated carbocycles. The van der Waals surface area contributed by atoms with E-state index in [1.807, 2.05) is 0 Å². The summed E-state index contributed by atoms with van der Waals surface area (Å²) in [7, 11) is 0. The zero-order chi connectivity index (χ0) is 28.6. The largest absolute Gasteiger partial charge is 0.395 e. The second-order valence-corrected chi connectivity index (χ2v) is 8.86. The number of hydrogen-bond acceptors (Lipinski definition) is 11. The van der Waals surface area contributed by atoms with Crippen LogP contribution in [-0.4, -0.2) is 86.5 Å². The van der Waals surface area contributed by atoms with Crippen molar-refractivity contribution < 1.29 is 25.2 Å². The Morgan fingerprint density at radius 2 is 0.763 bits per heavy atom. The molecule has 0 aliphatic heterocycles. The Kier molecular flexibility index (Phi) is 10.9. The number of nitrogens with zero attached hydrogens (tertiary/aromatic N) is 6. The van der Waals surface area contributed by atoms with Crippen molar-refractivity contribution in [2.75, 3.05) is 33.0 Å². The normalized spacial score (nSPS) is 11.8.